The topological polar surface area (TPSA) is 61.8 Å². The molecule has 1 aromatic carbocycles. The van der Waals surface area contributed by atoms with Crippen LogP contribution in [-0.2, 0) is 4.74 Å². The van der Waals surface area contributed by atoms with Crippen molar-refractivity contribution in [3.05, 3.63) is 30.3 Å². The summed E-state index contributed by atoms with van der Waals surface area (Å²) in [4.78, 5) is 12.6. The van der Waals surface area contributed by atoms with Crippen LogP contribution in [0.4, 0.5) is 10.5 Å². The van der Waals surface area contributed by atoms with E-state index in [-0.39, 0.29) is 6.04 Å². The molecule has 1 aromatic rings. The van der Waals surface area contributed by atoms with Crippen molar-refractivity contribution in [3.8, 4) is 0 Å². The zero-order chi connectivity index (χ0) is 13.2. The van der Waals surface area contributed by atoms with E-state index in [0.717, 1.165) is 5.69 Å². The average molecular weight is 250 g/mol. The second kappa shape index (κ2) is 4.86. The summed E-state index contributed by atoms with van der Waals surface area (Å²) >= 11 is 0. The normalized spacial score (nSPS) is 21.9. The molecule has 1 saturated heterocycles. The van der Waals surface area contributed by atoms with Gasteiger partial charge in [0.1, 0.15) is 5.72 Å². The highest BCUT2D eigenvalue weighted by molar-refractivity contribution is 5.67. The van der Waals surface area contributed by atoms with E-state index < -0.39 is 11.8 Å². The Balaban J connectivity index is 1.99. The molecule has 5 heteroatoms. The van der Waals surface area contributed by atoms with Crippen LogP contribution in [0.5, 0.6) is 0 Å². The fourth-order valence-electron chi connectivity index (χ4n) is 2.21. The summed E-state index contributed by atoms with van der Waals surface area (Å²) in [6.45, 7) is 4.49. The van der Waals surface area contributed by atoms with E-state index >= 15 is 0 Å². The molecule has 0 aromatic heterocycles. The first-order valence-corrected chi connectivity index (χ1v) is 5.96. The van der Waals surface area contributed by atoms with E-state index in [1.165, 1.54) is 4.90 Å². The predicted molar refractivity (Wildman–Crippen MR) is 68.6 cm³/mol. The minimum Gasteiger partial charge on any atom is -0.465 e. The van der Waals surface area contributed by atoms with Gasteiger partial charge in [0.05, 0.1) is 12.6 Å². The molecule has 0 aliphatic carbocycles. The standard InChI is InChI=1S/C13H18N2O3/c1-13(2)15(12(16)17)11(9-18-13)8-14-10-6-4-3-5-7-10/h3-7,11,14H,8-9H2,1-2H3,(H,16,17)/t11-/m1/s1. The zero-order valence-electron chi connectivity index (χ0n) is 10.6. The van der Waals surface area contributed by atoms with Gasteiger partial charge in [-0.2, -0.15) is 0 Å². The largest absolute Gasteiger partial charge is 0.465 e. The molecule has 1 aliphatic heterocycles. The third kappa shape index (κ3) is 2.56. The first-order valence-electron chi connectivity index (χ1n) is 5.96. The number of rotatable bonds is 3. The molecule has 0 spiro atoms. The van der Waals surface area contributed by atoms with Crippen molar-refractivity contribution in [3.63, 3.8) is 0 Å². The van der Waals surface area contributed by atoms with Gasteiger partial charge >= 0.3 is 6.09 Å². The van der Waals surface area contributed by atoms with Crippen LogP contribution in [0.3, 0.4) is 0 Å². The van der Waals surface area contributed by atoms with Gasteiger partial charge in [0, 0.05) is 12.2 Å². The van der Waals surface area contributed by atoms with Gasteiger partial charge in [-0.05, 0) is 26.0 Å². The zero-order valence-corrected chi connectivity index (χ0v) is 10.6. The van der Waals surface area contributed by atoms with E-state index in [4.69, 9.17) is 4.74 Å². The number of carboxylic acid groups (broad SMARTS) is 1. The van der Waals surface area contributed by atoms with E-state index in [9.17, 15) is 9.90 Å². The highest BCUT2D eigenvalue weighted by atomic mass is 16.5. The summed E-state index contributed by atoms with van der Waals surface area (Å²) in [5.41, 5.74) is 0.224. The number of hydrogen-bond acceptors (Lipinski definition) is 3. The number of hydrogen-bond donors (Lipinski definition) is 2. The number of para-hydroxylation sites is 1. The van der Waals surface area contributed by atoms with Gasteiger partial charge < -0.3 is 15.2 Å². The second-order valence-electron chi connectivity index (χ2n) is 4.81. The lowest BCUT2D eigenvalue weighted by atomic mass is 10.2. The summed E-state index contributed by atoms with van der Waals surface area (Å²) < 4.78 is 5.52. The molecule has 2 rings (SSSR count). The van der Waals surface area contributed by atoms with Crippen LogP contribution in [-0.4, -0.2) is 41.0 Å². The van der Waals surface area contributed by atoms with E-state index in [1.54, 1.807) is 13.8 Å². The summed E-state index contributed by atoms with van der Waals surface area (Å²) in [7, 11) is 0. The van der Waals surface area contributed by atoms with Crippen LogP contribution in [0.25, 0.3) is 0 Å². The molecule has 1 amide bonds. The van der Waals surface area contributed by atoms with Gasteiger partial charge in [0.15, 0.2) is 0 Å². The molecule has 0 bridgehead atoms. The molecule has 0 saturated carbocycles. The minimum absolute atomic E-state index is 0.169. The smallest absolute Gasteiger partial charge is 0.409 e. The van der Waals surface area contributed by atoms with Crippen molar-refractivity contribution in [1.82, 2.24) is 4.90 Å². The molecule has 1 aliphatic rings. The highest BCUT2D eigenvalue weighted by Gasteiger charge is 2.43. The highest BCUT2D eigenvalue weighted by Crippen LogP contribution is 2.27. The lowest BCUT2D eigenvalue weighted by Crippen LogP contribution is -2.49. The molecule has 0 unspecified atom stereocenters. The Morgan fingerprint density at radius 1 is 1.50 bits per heavy atom. The Bertz CT molecular complexity index is 420. The number of nitrogens with zero attached hydrogens (tertiary/aromatic N) is 1. The summed E-state index contributed by atoms with van der Waals surface area (Å²) in [6.07, 6.45) is -0.947. The van der Waals surface area contributed by atoms with Crippen LogP contribution in [0.15, 0.2) is 30.3 Å². The monoisotopic (exact) mass is 250 g/mol. The maximum atomic E-state index is 11.3. The lowest BCUT2D eigenvalue weighted by molar-refractivity contribution is -0.0416. The van der Waals surface area contributed by atoms with Gasteiger partial charge in [-0.15, -0.1) is 0 Å². The first kappa shape index (κ1) is 12.7. The molecule has 18 heavy (non-hydrogen) atoms. The van der Waals surface area contributed by atoms with Gasteiger partial charge in [-0.25, -0.2) is 4.79 Å². The molecular weight excluding hydrogens is 232 g/mol. The van der Waals surface area contributed by atoms with Crippen molar-refractivity contribution in [1.29, 1.82) is 0 Å². The summed E-state index contributed by atoms with van der Waals surface area (Å²) in [6, 6.07) is 9.55. The van der Waals surface area contributed by atoms with Crippen molar-refractivity contribution in [2.45, 2.75) is 25.6 Å². The van der Waals surface area contributed by atoms with Gasteiger partial charge in [-0.1, -0.05) is 18.2 Å². The lowest BCUT2D eigenvalue weighted by Gasteiger charge is -2.31. The Labute approximate surface area is 106 Å². The van der Waals surface area contributed by atoms with Crippen LogP contribution < -0.4 is 5.32 Å². The third-order valence-electron chi connectivity index (χ3n) is 3.10. The van der Waals surface area contributed by atoms with Gasteiger partial charge in [-0.3, -0.25) is 4.90 Å². The molecule has 0 radical (unpaired) electrons. The van der Waals surface area contributed by atoms with Crippen LogP contribution >= 0.6 is 0 Å². The van der Waals surface area contributed by atoms with E-state index in [0.29, 0.717) is 13.2 Å². The van der Waals surface area contributed by atoms with Crippen LogP contribution in [0, 0.1) is 0 Å². The molecule has 98 valence electrons. The number of amides is 1. The van der Waals surface area contributed by atoms with Gasteiger partial charge in [0.25, 0.3) is 0 Å². The van der Waals surface area contributed by atoms with Gasteiger partial charge in [0.2, 0.25) is 0 Å². The maximum absolute atomic E-state index is 11.3. The fraction of sp³-hybridized carbons (Fsp3) is 0.462. The molecular formula is C13H18N2O3. The number of nitrogens with one attached hydrogen (secondary N) is 1. The van der Waals surface area contributed by atoms with E-state index in [1.807, 2.05) is 30.3 Å². The fourth-order valence-corrected chi connectivity index (χ4v) is 2.21. The van der Waals surface area contributed by atoms with E-state index in [2.05, 4.69) is 5.32 Å². The average Bonchev–Trinajstić information content (AvgIpc) is 2.63. The summed E-state index contributed by atoms with van der Waals surface area (Å²) in [5.74, 6) is 0. The van der Waals surface area contributed by atoms with Crippen LogP contribution in [0.1, 0.15) is 13.8 Å². The Kier molecular flexibility index (Phi) is 3.43. The Hall–Kier alpha value is -1.75. The van der Waals surface area contributed by atoms with Crippen molar-refractivity contribution >= 4 is 11.8 Å². The summed E-state index contributed by atoms with van der Waals surface area (Å²) in [5, 5.41) is 12.5. The van der Waals surface area contributed by atoms with Crippen molar-refractivity contribution in [2.75, 3.05) is 18.5 Å². The van der Waals surface area contributed by atoms with Crippen molar-refractivity contribution < 1.29 is 14.6 Å². The molecule has 1 heterocycles. The van der Waals surface area contributed by atoms with Crippen molar-refractivity contribution in [2.24, 2.45) is 0 Å². The molecule has 1 atom stereocenters. The predicted octanol–water partition coefficient (Wildman–Crippen LogP) is 2.21. The molecule has 1 fully saturated rings. The first-order chi connectivity index (χ1) is 8.50. The molecule has 5 nitrogen and oxygen atoms in total. The number of carbonyl (C=O) groups is 1. The molecule has 2 N–H and O–H groups in total. The Morgan fingerprint density at radius 2 is 2.17 bits per heavy atom. The number of ether oxygens (including phenoxy) is 1. The van der Waals surface area contributed by atoms with Crippen LogP contribution in [0.2, 0.25) is 0 Å². The maximum Gasteiger partial charge on any atom is 0.409 e. The number of benzene rings is 1. The Morgan fingerprint density at radius 3 is 2.78 bits per heavy atom. The third-order valence-corrected chi connectivity index (χ3v) is 3.10. The number of anilines is 1. The quantitative estimate of drug-likeness (QED) is 0.863. The second-order valence-corrected chi connectivity index (χ2v) is 4.81. The SMILES string of the molecule is CC1(C)OC[C@@H](CNc2ccccc2)N1C(=O)O. The minimum atomic E-state index is -0.947.